The zero-order valence-corrected chi connectivity index (χ0v) is 23.0. The zero-order valence-electron chi connectivity index (χ0n) is 22.2. The molecule has 0 unspecified atom stereocenters. The number of rotatable bonds is 13. The Labute approximate surface area is 227 Å². The highest BCUT2D eigenvalue weighted by Gasteiger charge is 2.14. The largest absolute Gasteiger partial charge is 0.497 e. The van der Waals surface area contributed by atoms with E-state index in [1.165, 1.54) is 46.8 Å². The predicted molar refractivity (Wildman–Crippen MR) is 151 cm³/mol. The van der Waals surface area contributed by atoms with Crippen molar-refractivity contribution in [3.8, 4) is 28.7 Å². The van der Waals surface area contributed by atoms with Gasteiger partial charge in [-0.2, -0.15) is 0 Å². The number of hydrogen-bond donors (Lipinski definition) is 2. The van der Waals surface area contributed by atoms with Crippen LogP contribution in [0.15, 0.2) is 72.3 Å². The fourth-order valence-corrected chi connectivity index (χ4v) is 4.33. The van der Waals surface area contributed by atoms with E-state index >= 15 is 0 Å². The molecule has 3 aromatic carbocycles. The number of ether oxygens (including phenoxy) is 5. The molecule has 3 aromatic rings. The monoisotopic (exact) mass is 554 g/mol. The van der Waals surface area contributed by atoms with Crippen LogP contribution in [0.1, 0.15) is 15.9 Å². The van der Waals surface area contributed by atoms with Crippen LogP contribution in [0.4, 0.5) is 11.4 Å². The molecule has 0 spiro atoms. The van der Waals surface area contributed by atoms with E-state index in [0.29, 0.717) is 45.6 Å². The Morgan fingerprint density at radius 3 is 1.92 bits per heavy atom. The van der Waals surface area contributed by atoms with Crippen molar-refractivity contribution in [2.24, 2.45) is 0 Å². The third-order valence-electron chi connectivity index (χ3n) is 5.47. The Hall–Kier alpha value is -4.64. The maximum Gasteiger partial charge on any atom is 0.255 e. The number of carbonyl (C=O) groups excluding carboxylic acids is 1. The fourth-order valence-electron chi connectivity index (χ4n) is 3.50. The number of anilines is 2. The quantitative estimate of drug-likeness (QED) is 0.223. The molecule has 0 heterocycles. The number of hydrogen-bond acceptors (Lipinski definition) is 9. The summed E-state index contributed by atoms with van der Waals surface area (Å²) < 4.78 is 54.6. The molecule has 10 nitrogen and oxygen atoms in total. The molecule has 0 atom stereocenters. The fraction of sp³-hybridized carbons (Fsp3) is 0.179. The predicted octanol–water partition coefficient (Wildman–Crippen LogP) is 4.95. The summed E-state index contributed by atoms with van der Waals surface area (Å²) in [7, 11) is 3.52. The van der Waals surface area contributed by atoms with Gasteiger partial charge in [0.2, 0.25) is 0 Å². The molecule has 0 saturated carbocycles. The first kappa shape index (κ1) is 28.9. The zero-order chi connectivity index (χ0) is 28.4. The average Bonchev–Trinajstić information content (AvgIpc) is 2.95. The van der Waals surface area contributed by atoms with Gasteiger partial charge in [0.25, 0.3) is 10.0 Å². The van der Waals surface area contributed by atoms with Crippen LogP contribution in [0.25, 0.3) is 6.08 Å². The van der Waals surface area contributed by atoms with E-state index in [2.05, 4.69) is 10.0 Å². The van der Waals surface area contributed by atoms with Crippen LogP contribution >= 0.6 is 0 Å². The van der Waals surface area contributed by atoms with Gasteiger partial charge in [-0.3, -0.25) is 9.52 Å². The van der Waals surface area contributed by atoms with Crippen molar-refractivity contribution >= 4 is 33.3 Å². The molecule has 0 amide bonds. The Balaban J connectivity index is 1.77. The lowest BCUT2D eigenvalue weighted by Crippen LogP contribution is -2.09. The summed E-state index contributed by atoms with van der Waals surface area (Å²) in [5.41, 5.74) is 1.62. The van der Waals surface area contributed by atoms with Gasteiger partial charge in [-0.25, -0.2) is 8.42 Å². The van der Waals surface area contributed by atoms with Gasteiger partial charge in [-0.1, -0.05) is 0 Å². The van der Waals surface area contributed by atoms with Crippen molar-refractivity contribution in [2.45, 2.75) is 0 Å². The lowest BCUT2D eigenvalue weighted by atomic mass is 10.1. The maximum absolute atomic E-state index is 12.8. The van der Waals surface area contributed by atoms with E-state index < -0.39 is 10.0 Å². The molecule has 3 rings (SSSR count). The van der Waals surface area contributed by atoms with E-state index in [4.69, 9.17) is 23.7 Å². The van der Waals surface area contributed by atoms with Gasteiger partial charge in [-0.15, -0.1) is 0 Å². The third kappa shape index (κ3) is 7.68. The van der Waals surface area contributed by atoms with E-state index in [9.17, 15) is 13.2 Å². The summed E-state index contributed by atoms with van der Waals surface area (Å²) in [6.45, 7) is 0. The summed E-state index contributed by atoms with van der Waals surface area (Å²) in [6, 6.07) is 14.6. The molecule has 0 aliphatic rings. The summed E-state index contributed by atoms with van der Waals surface area (Å²) in [6.07, 6.45) is 4.18. The lowest BCUT2D eigenvalue weighted by Gasteiger charge is -2.13. The standard InChI is InChI=1S/C28H30N2O8S/c1-34-21-9-6-19(7-10-21)25(31)12-14-29-24-16-20(8-11-26(24)36-3)30-39(32,33)15-13-23-27(37-4)17-22(35-2)18-28(23)38-5/h6-18,29-30H,1-5H3/b14-12-,15-13+. The number of ketones is 1. The van der Waals surface area contributed by atoms with E-state index in [1.54, 1.807) is 61.7 Å². The molecule has 0 aliphatic carbocycles. The van der Waals surface area contributed by atoms with Crippen LogP contribution in [0.5, 0.6) is 28.7 Å². The van der Waals surface area contributed by atoms with Gasteiger partial charge < -0.3 is 29.0 Å². The molecule has 39 heavy (non-hydrogen) atoms. The summed E-state index contributed by atoms with van der Waals surface area (Å²) in [4.78, 5) is 12.4. The van der Waals surface area contributed by atoms with Gasteiger partial charge in [0.05, 0.1) is 57.9 Å². The van der Waals surface area contributed by atoms with Crippen molar-refractivity contribution in [1.29, 1.82) is 0 Å². The maximum atomic E-state index is 12.8. The van der Waals surface area contributed by atoms with E-state index in [-0.39, 0.29) is 11.5 Å². The highest BCUT2D eigenvalue weighted by atomic mass is 32.2. The number of allylic oxidation sites excluding steroid dienone is 1. The minimum atomic E-state index is -3.93. The Bertz CT molecular complexity index is 1440. The molecule has 0 saturated heterocycles. The van der Waals surface area contributed by atoms with Gasteiger partial charge >= 0.3 is 0 Å². The average molecular weight is 555 g/mol. The van der Waals surface area contributed by atoms with Gasteiger partial charge in [-0.05, 0) is 48.5 Å². The van der Waals surface area contributed by atoms with Gasteiger partial charge in [0.15, 0.2) is 5.78 Å². The van der Waals surface area contributed by atoms with Crippen LogP contribution in [0, 0.1) is 0 Å². The SMILES string of the molecule is COc1ccc(C(=O)/C=C\Nc2cc(NS(=O)(=O)/C=C/c3c(OC)cc(OC)cc3OC)ccc2OC)cc1. The van der Waals surface area contributed by atoms with Gasteiger partial charge in [0.1, 0.15) is 28.7 Å². The molecule has 2 N–H and O–H groups in total. The highest BCUT2D eigenvalue weighted by molar-refractivity contribution is 7.95. The first-order valence-corrected chi connectivity index (χ1v) is 13.1. The first-order chi connectivity index (χ1) is 18.7. The minimum absolute atomic E-state index is 0.226. The highest BCUT2D eigenvalue weighted by Crippen LogP contribution is 2.35. The Morgan fingerprint density at radius 1 is 0.744 bits per heavy atom. The second-order valence-electron chi connectivity index (χ2n) is 7.88. The Kier molecular flexibility index (Phi) is 9.82. The smallest absolute Gasteiger partial charge is 0.255 e. The molecular weight excluding hydrogens is 524 g/mol. The molecule has 0 bridgehead atoms. The molecule has 0 aliphatic heterocycles. The number of benzene rings is 3. The summed E-state index contributed by atoms with van der Waals surface area (Å²) in [5.74, 6) is 2.13. The molecule has 11 heteroatoms. The number of nitrogens with one attached hydrogen (secondary N) is 2. The summed E-state index contributed by atoms with van der Waals surface area (Å²) in [5, 5.41) is 3.97. The second-order valence-corrected chi connectivity index (χ2v) is 9.45. The number of sulfonamides is 1. The lowest BCUT2D eigenvalue weighted by molar-refractivity contribution is 0.104. The minimum Gasteiger partial charge on any atom is -0.497 e. The van der Waals surface area contributed by atoms with Crippen LogP contribution in [-0.4, -0.2) is 49.8 Å². The van der Waals surface area contributed by atoms with Crippen LogP contribution in [0.2, 0.25) is 0 Å². The van der Waals surface area contributed by atoms with Crippen LogP contribution < -0.4 is 33.7 Å². The molecule has 0 fully saturated rings. The summed E-state index contributed by atoms with van der Waals surface area (Å²) >= 11 is 0. The number of carbonyl (C=O) groups is 1. The normalized spacial score (nSPS) is 11.3. The van der Waals surface area contributed by atoms with Crippen molar-refractivity contribution in [2.75, 3.05) is 45.6 Å². The van der Waals surface area contributed by atoms with Crippen molar-refractivity contribution in [3.05, 3.63) is 83.4 Å². The second kappa shape index (κ2) is 13.2. The van der Waals surface area contributed by atoms with Crippen molar-refractivity contribution in [3.63, 3.8) is 0 Å². The molecule has 0 radical (unpaired) electrons. The van der Waals surface area contributed by atoms with E-state index in [0.717, 1.165) is 5.41 Å². The first-order valence-electron chi connectivity index (χ1n) is 11.5. The molecule has 206 valence electrons. The van der Waals surface area contributed by atoms with Crippen LogP contribution in [0.3, 0.4) is 0 Å². The molecule has 0 aromatic heterocycles. The van der Waals surface area contributed by atoms with E-state index in [1.807, 2.05) is 0 Å². The number of methoxy groups -OCH3 is 5. The van der Waals surface area contributed by atoms with Gasteiger partial charge in [0, 0.05) is 30.0 Å². The van der Waals surface area contributed by atoms with Crippen LogP contribution in [-0.2, 0) is 10.0 Å². The Morgan fingerprint density at radius 2 is 1.36 bits per heavy atom. The van der Waals surface area contributed by atoms with Crippen molar-refractivity contribution < 1.29 is 36.9 Å². The third-order valence-corrected chi connectivity index (χ3v) is 6.49. The van der Waals surface area contributed by atoms with Crippen molar-refractivity contribution in [1.82, 2.24) is 0 Å². The topological polar surface area (TPSA) is 121 Å². The molecular formula is C28H30N2O8S.